The minimum Gasteiger partial charge on any atom is -0.451 e. The molecule has 0 aliphatic carbocycles. The monoisotopic (exact) mass is 425 g/mol. The van der Waals surface area contributed by atoms with Crippen molar-refractivity contribution in [1.29, 1.82) is 0 Å². The number of ether oxygens (including phenoxy) is 1. The third-order valence-electron chi connectivity index (χ3n) is 4.78. The van der Waals surface area contributed by atoms with Crippen LogP contribution < -0.4 is 10.6 Å². The molecule has 0 radical (unpaired) electrons. The number of para-hydroxylation sites is 1. The molecule has 1 fully saturated rings. The third-order valence-corrected chi connectivity index (χ3v) is 4.78. The maximum atomic E-state index is 13.6. The summed E-state index contributed by atoms with van der Waals surface area (Å²) in [6, 6.07) is 2.36. The maximum absolute atomic E-state index is 13.6. The van der Waals surface area contributed by atoms with Crippen molar-refractivity contribution in [2.24, 2.45) is 0 Å². The molecule has 8 nitrogen and oxygen atoms in total. The first-order valence-corrected chi connectivity index (χ1v) is 9.73. The number of benzene rings is 1. The van der Waals surface area contributed by atoms with Crippen molar-refractivity contribution in [3.05, 3.63) is 29.8 Å². The highest BCUT2D eigenvalue weighted by atomic mass is 19.1. The molecule has 2 N–H and O–H groups in total. The molecule has 2 rings (SSSR count). The lowest BCUT2D eigenvalue weighted by Crippen LogP contribution is -2.47. The molecule has 0 saturated carbocycles. The number of hydrogen-bond donors (Lipinski definition) is 2. The third kappa shape index (κ3) is 4.92. The van der Waals surface area contributed by atoms with Crippen LogP contribution in [0, 0.1) is 11.6 Å². The van der Waals surface area contributed by atoms with Gasteiger partial charge in [-0.3, -0.25) is 19.3 Å². The minimum absolute atomic E-state index is 0.434. The number of esters is 1. The Hall–Kier alpha value is -3.04. The van der Waals surface area contributed by atoms with E-state index in [4.69, 9.17) is 4.74 Å². The van der Waals surface area contributed by atoms with E-state index >= 15 is 0 Å². The zero-order valence-corrected chi connectivity index (χ0v) is 17.1. The maximum Gasteiger partial charge on any atom is 0.327 e. The van der Waals surface area contributed by atoms with Gasteiger partial charge in [0.15, 0.2) is 6.10 Å². The average Bonchev–Trinajstić information content (AvgIpc) is 2.89. The standard InChI is InChI=1S/C20H25F2N3O5/c1-4-9-20(10-5-2)18(28)25(19(29)24-20)11-15(26)30-12(3)17(27)23-16-13(21)7-6-8-14(16)22/h6-8,12H,4-5,9-11H2,1-3H3,(H,23,27)(H,24,29)/t12-/m0/s1. The number of imide groups is 1. The molecule has 1 aliphatic rings. The summed E-state index contributed by atoms with van der Waals surface area (Å²) in [5.41, 5.74) is -1.71. The largest absolute Gasteiger partial charge is 0.451 e. The van der Waals surface area contributed by atoms with Crippen molar-refractivity contribution in [3.63, 3.8) is 0 Å². The van der Waals surface area contributed by atoms with E-state index in [1.165, 1.54) is 6.92 Å². The van der Waals surface area contributed by atoms with Gasteiger partial charge in [0.1, 0.15) is 29.4 Å². The molecule has 1 atom stereocenters. The fourth-order valence-corrected chi connectivity index (χ4v) is 3.40. The zero-order chi connectivity index (χ0) is 22.5. The number of amides is 4. The highest BCUT2D eigenvalue weighted by molar-refractivity contribution is 6.08. The van der Waals surface area contributed by atoms with Gasteiger partial charge < -0.3 is 15.4 Å². The molecule has 0 bridgehead atoms. The summed E-state index contributed by atoms with van der Waals surface area (Å²) in [5.74, 6) is -4.44. The molecule has 1 aromatic carbocycles. The predicted octanol–water partition coefficient (Wildman–Crippen LogP) is 2.73. The lowest BCUT2D eigenvalue weighted by Gasteiger charge is -2.25. The first-order chi connectivity index (χ1) is 14.1. The topological polar surface area (TPSA) is 105 Å². The van der Waals surface area contributed by atoms with E-state index in [1.54, 1.807) is 0 Å². The molecule has 0 unspecified atom stereocenters. The summed E-state index contributed by atoms with van der Waals surface area (Å²) in [6.45, 7) is 4.29. The number of rotatable bonds is 9. The van der Waals surface area contributed by atoms with Crippen LogP contribution in [0.5, 0.6) is 0 Å². The summed E-state index contributed by atoms with van der Waals surface area (Å²) in [6.07, 6.45) is 0.782. The average molecular weight is 425 g/mol. The fourth-order valence-electron chi connectivity index (χ4n) is 3.40. The van der Waals surface area contributed by atoms with Gasteiger partial charge in [-0.05, 0) is 31.9 Å². The Morgan fingerprint density at radius 3 is 2.27 bits per heavy atom. The van der Waals surface area contributed by atoms with Crippen LogP contribution in [0.3, 0.4) is 0 Å². The molecule has 4 amide bonds. The number of urea groups is 1. The second kappa shape index (κ2) is 9.64. The van der Waals surface area contributed by atoms with Gasteiger partial charge in [-0.25, -0.2) is 13.6 Å². The van der Waals surface area contributed by atoms with E-state index in [0.29, 0.717) is 25.7 Å². The predicted molar refractivity (Wildman–Crippen MR) is 103 cm³/mol. The van der Waals surface area contributed by atoms with Crippen molar-refractivity contribution in [2.45, 2.75) is 58.1 Å². The van der Waals surface area contributed by atoms with Crippen LogP contribution in [-0.4, -0.2) is 46.9 Å². The van der Waals surface area contributed by atoms with Crippen LogP contribution in [0.4, 0.5) is 19.3 Å². The lowest BCUT2D eigenvalue weighted by atomic mass is 9.88. The van der Waals surface area contributed by atoms with E-state index in [2.05, 4.69) is 5.32 Å². The first kappa shape index (κ1) is 23.2. The van der Waals surface area contributed by atoms with E-state index in [9.17, 15) is 28.0 Å². The molecule has 1 saturated heterocycles. The van der Waals surface area contributed by atoms with Gasteiger partial charge in [0, 0.05) is 0 Å². The van der Waals surface area contributed by atoms with E-state index in [-0.39, 0.29) is 0 Å². The van der Waals surface area contributed by atoms with Crippen LogP contribution in [0.2, 0.25) is 0 Å². The van der Waals surface area contributed by atoms with Crippen molar-refractivity contribution in [3.8, 4) is 0 Å². The van der Waals surface area contributed by atoms with Gasteiger partial charge in [-0.2, -0.15) is 0 Å². The number of carbonyl (C=O) groups is 4. The number of nitrogens with one attached hydrogen (secondary N) is 2. The molecule has 1 aromatic rings. The number of halogens is 2. The smallest absolute Gasteiger partial charge is 0.327 e. The van der Waals surface area contributed by atoms with Gasteiger partial charge in [0.25, 0.3) is 11.8 Å². The summed E-state index contributed by atoms with van der Waals surface area (Å²) < 4.78 is 32.2. The fraction of sp³-hybridized carbons (Fsp3) is 0.500. The van der Waals surface area contributed by atoms with Crippen molar-refractivity contribution >= 4 is 29.5 Å². The Bertz CT molecular complexity index is 819. The van der Waals surface area contributed by atoms with Gasteiger partial charge in [-0.15, -0.1) is 0 Å². The number of anilines is 1. The van der Waals surface area contributed by atoms with Crippen molar-refractivity contribution < 1.29 is 32.7 Å². The second-order valence-electron chi connectivity index (χ2n) is 7.12. The van der Waals surface area contributed by atoms with Crippen molar-refractivity contribution in [2.75, 3.05) is 11.9 Å². The molecular weight excluding hydrogens is 400 g/mol. The SMILES string of the molecule is CCCC1(CCC)NC(=O)N(CC(=O)O[C@@H](C)C(=O)Nc2c(F)cccc2F)C1=O. The Morgan fingerprint density at radius 2 is 1.73 bits per heavy atom. The Kier molecular flexibility index (Phi) is 7.47. The normalized spacial score (nSPS) is 16.2. The van der Waals surface area contributed by atoms with Crippen LogP contribution in [0.15, 0.2) is 18.2 Å². The quantitative estimate of drug-likeness (QED) is 0.468. The summed E-state index contributed by atoms with van der Waals surface area (Å²) in [7, 11) is 0. The summed E-state index contributed by atoms with van der Waals surface area (Å²) >= 11 is 0. The molecular formula is C20H25F2N3O5. The highest BCUT2D eigenvalue weighted by Gasteiger charge is 2.50. The highest BCUT2D eigenvalue weighted by Crippen LogP contribution is 2.28. The van der Waals surface area contributed by atoms with Gasteiger partial charge in [0.2, 0.25) is 0 Å². The molecule has 0 aromatic heterocycles. The Balaban J connectivity index is 2.00. The molecule has 30 heavy (non-hydrogen) atoms. The van der Waals surface area contributed by atoms with E-state index < -0.39 is 59.3 Å². The number of carbonyl (C=O) groups excluding carboxylic acids is 4. The van der Waals surface area contributed by atoms with Gasteiger partial charge >= 0.3 is 12.0 Å². The number of nitrogens with zero attached hydrogens (tertiary/aromatic N) is 1. The minimum atomic E-state index is -1.41. The number of hydrogen-bond acceptors (Lipinski definition) is 5. The van der Waals surface area contributed by atoms with Gasteiger partial charge in [0.05, 0.1) is 0 Å². The first-order valence-electron chi connectivity index (χ1n) is 9.73. The summed E-state index contributed by atoms with van der Waals surface area (Å²) in [5, 5.41) is 4.68. The van der Waals surface area contributed by atoms with E-state index in [0.717, 1.165) is 23.1 Å². The Labute approximate surface area is 172 Å². The lowest BCUT2D eigenvalue weighted by molar-refractivity contribution is -0.155. The molecule has 164 valence electrons. The molecule has 0 spiro atoms. The van der Waals surface area contributed by atoms with Crippen LogP contribution in [0.25, 0.3) is 0 Å². The Morgan fingerprint density at radius 1 is 1.17 bits per heavy atom. The van der Waals surface area contributed by atoms with Crippen LogP contribution >= 0.6 is 0 Å². The van der Waals surface area contributed by atoms with Crippen LogP contribution in [-0.2, 0) is 19.1 Å². The van der Waals surface area contributed by atoms with Gasteiger partial charge in [-0.1, -0.05) is 32.8 Å². The summed E-state index contributed by atoms with van der Waals surface area (Å²) in [4.78, 5) is 50.1. The zero-order valence-electron chi connectivity index (χ0n) is 17.1. The molecule has 1 heterocycles. The van der Waals surface area contributed by atoms with Crippen LogP contribution in [0.1, 0.15) is 46.5 Å². The second-order valence-corrected chi connectivity index (χ2v) is 7.12. The molecule has 1 aliphatic heterocycles. The molecule has 10 heteroatoms. The van der Waals surface area contributed by atoms with Crippen molar-refractivity contribution in [1.82, 2.24) is 10.2 Å². The van der Waals surface area contributed by atoms with E-state index in [1.807, 2.05) is 19.2 Å².